The summed E-state index contributed by atoms with van der Waals surface area (Å²) in [6.45, 7) is 0. The molecule has 2 aliphatic carbocycles. The van der Waals surface area contributed by atoms with Gasteiger partial charge in [0.15, 0.2) is 17.2 Å². The Bertz CT molecular complexity index is 1680. The summed E-state index contributed by atoms with van der Waals surface area (Å²) in [6, 6.07) is 8.95. The predicted molar refractivity (Wildman–Crippen MR) is 157 cm³/mol. The van der Waals surface area contributed by atoms with Crippen molar-refractivity contribution in [1.82, 2.24) is 24.9 Å². The number of benzene rings is 1. The van der Waals surface area contributed by atoms with Crippen LogP contribution in [0.1, 0.15) is 49.0 Å². The van der Waals surface area contributed by atoms with E-state index in [1.54, 1.807) is 6.07 Å². The van der Waals surface area contributed by atoms with Crippen LogP contribution in [0.5, 0.6) is 0 Å². The lowest BCUT2D eigenvalue weighted by atomic mass is 9.91. The number of carbonyl (C=O) groups excluding carboxylic acids is 2. The van der Waals surface area contributed by atoms with E-state index in [9.17, 15) is 24.1 Å². The molecule has 2 fully saturated rings. The van der Waals surface area contributed by atoms with E-state index >= 15 is 0 Å². The highest BCUT2D eigenvalue weighted by molar-refractivity contribution is 6.03. The number of urea groups is 1. The molecule has 6 rings (SSSR count). The molecule has 2 aliphatic rings. The predicted octanol–water partition coefficient (Wildman–Crippen LogP) is 4.54. The smallest absolute Gasteiger partial charge is 0.319 e. The number of pyridine rings is 1. The van der Waals surface area contributed by atoms with Crippen molar-refractivity contribution in [3.8, 4) is 0 Å². The lowest BCUT2D eigenvalue weighted by Gasteiger charge is -2.30. The summed E-state index contributed by atoms with van der Waals surface area (Å²) in [6.07, 6.45) is 8.84. The van der Waals surface area contributed by atoms with Crippen LogP contribution in [-0.2, 0) is 0 Å². The fourth-order valence-electron chi connectivity index (χ4n) is 5.05. The van der Waals surface area contributed by atoms with Gasteiger partial charge in [-0.1, -0.05) is 6.07 Å². The molecule has 0 saturated heterocycles. The number of rotatable bonds is 9. The molecule has 3 heterocycles. The number of hydrogen-bond donors (Lipinski definition) is 5. The Morgan fingerprint density at radius 1 is 0.930 bits per heavy atom. The summed E-state index contributed by atoms with van der Waals surface area (Å²) >= 11 is 0. The average molecular weight is 589 g/mol. The van der Waals surface area contributed by atoms with Crippen LogP contribution in [0.2, 0.25) is 0 Å². The third-order valence-electron chi connectivity index (χ3n) is 7.39. The summed E-state index contributed by atoms with van der Waals surface area (Å²) in [5.74, 6) is -0.658. The van der Waals surface area contributed by atoms with Crippen molar-refractivity contribution in [2.75, 3.05) is 21.3 Å². The van der Waals surface area contributed by atoms with Gasteiger partial charge in [-0.15, -0.1) is 5.10 Å². The zero-order valence-corrected chi connectivity index (χ0v) is 22.9. The molecule has 0 bridgehead atoms. The highest BCUT2D eigenvalue weighted by atomic mass is 19.1. The highest BCUT2D eigenvalue weighted by Gasteiger charge is 2.26. The van der Waals surface area contributed by atoms with Crippen LogP contribution < -0.4 is 26.6 Å². The van der Waals surface area contributed by atoms with E-state index in [-0.39, 0.29) is 29.2 Å². The van der Waals surface area contributed by atoms with Gasteiger partial charge in [0.25, 0.3) is 11.6 Å². The molecule has 15 heteroatoms. The second kappa shape index (κ2) is 11.9. The van der Waals surface area contributed by atoms with Gasteiger partial charge in [0, 0.05) is 48.2 Å². The monoisotopic (exact) mass is 588 g/mol. The fourth-order valence-corrected chi connectivity index (χ4v) is 5.05. The number of hydrogen-bond acceptors (Lipinski definition) is 9. The molecule has 3 amide bonds. The molecular formula is C28H29FN10O4. The van der Waals surface area contributed by atoms with Crippen molar-refractivity contribution in [1.29, 1.82) is 0 Å². The van der Waals surface area contributed by atoms with Crippen LogP contribution in [0.4, 0.5) is 37.8 Å². The zero-order valence-electron chi connectivity index (χ0n) is 22.9. The molecule has 3 aromatic heterocycles. The second-order valence-electron chi connectivity index (χ2n) is 10.6. The van der Waals surface area contributed by atoms with Crippen molar-refractivity contribution >= 4 is 46.2 Å². The molecule has 0 radical (unpaired) electrons. The number of imidazole rings is 1. The number of non-ortho nitro benzene ring substituents is 1. The second-order valence-corrected chi connectivity index (χ2v) is 10.6. The van der Waals surface area contributed by atoms with Gasteiger partial charge in [-0.3, -0.25) is 19.9 Å². The molecule has 0 atom stereocenters. The Kier molecular flexibility index (Phi) is 7.68. The van der Waals surface area contributed by atoms with Crippen LogP contribution in [0, 0.1) is 15.9 Å². The maximum absolute atomic E-state index is 14.1. The summed E-state index contributed by atoms with van der Waals surface area (Å²) < 4.78 is 15.5. The quantitative estimate of drug-likeness (QED) is 0.138. The van der Waals surface area contributed by atoms with Crippen LogP contribution in [0.3, 0.4) is 0 Å². The highest BCUT2D eigenvalue weighted by Crippen LogP contribution is 2.30. The first kappa shape index (κ1) is 27.8. The number of halogens is 1. The maximum Gasteiger partial charge on any atom is 0.319 e. The first-order valence-corrected chi connectivity index (χ1v) is 14.0. The van der Waals surface area contributed by atoms with Gasteiger partial charge in [-0.2, -0.15) is 0 Å². The fraction of sp³-hybridized carbons (Fsp3) is 0.321. The van der Waals surface area contributed by atoms with Gasteiger partial charge in [-0.05, 0) is 50.7 Å². The molecule has 2 saturated carbocycles. The van der Waals surface area contributed by atoms with Crippen LogP contribution >= 0.6 is 0 Å². The molecule has 1 aromatic carbocycles. The zero-order chi connectivity index (χ0) is 29.9. The number of anilines is 4. The van der Waals surface area contributed by atoms with Gasteiger partial charge in [0.2, 0.25) is 0 Å². The Hall–Kier alpha value is -5.34. The van der Waals surface area contributed by atoms with E-state index in [2.05, 4.69) is 41.7 Å². The van der Waals surface area contributed by atoms with Gasteiger partial charge in [0.05, 0.1) is 28.7 Å². The van der Waals surface area contributed by atoms with E-state index in [4.69, 9.17) is 0 Å². The van der Waals surface area contributed by atoms with Gasteiger partial charge in [0.1, 0.15) is 5.82 Å². The number of aromatic nitrogens is 4. The van der Waals surface area contributed by atoms with Crippen LogP contribution in [-0.4, -0.2) is 54.6 Å². The molecule has 43 heavy (non-hydrogen) atoms. The van der Waals surface area contributed by atoms with Crippen molar-refractivity contribution in [3.05, 3.63) is 76.6 Å². The molecule has 4 aromatic rings. The summed E-state index contributed by atoms with van der Waals surface area (Å²) in [7, 11) is 0. The van der Waals surface area contributed by atoms with E-state index < -0.39 is 22.7 Å². The maximum atomic E-state index is 14.1. The number of nitrogens with zero attached hydrogens (tertiary/aromatic N) is 5. The Balaban J connectivity index is 1.11. The number of nitro groups is 1. The number of nitro benzene ring substituents is 1. The Morgan fingerprint density at radius 2 is 1.67 bits per heavy atom. The normalized spacial score (nSPS) is 18.1. The molecule has 0 spiro atoms. The van der Waals surface area contributed by atoms with Crippen molar-refractivity contribution in [3.63, 3.8) is 0 Å². The van der Waals surface area contributed by atoms with E-state index in [0.29, 0.717) is 36.0 Å². The van der Waals surface area contributed by atoms with Gasteiger partial charge < -0.3 is 26.6 Å². The average Bonchev–Trinajstić information content (AvgIpc) is 3.70. The third-order valence-corrected chi connectivity index (χ3v) is 7.39. The molecular weight excluding hydrogens is 559 g/mol. The summed E-state index contributed by atoms with van der Waals surface area (Å²) in [4.78, 5) is 44.2. The standard InChI is InChI=1S/C28H29FN10O4/c29-21-14-30-11-10-22(21)36-27(40)24-15-31-26-23(32-16-4-5-16)13-25(37-38(24)26)33-17-6-8-18(9-7-17)34-28(41)35-19-2-1-3-20(12-19)39(42)43/h1-3,10-18,32H,4-9H2,(H,33,37)(H,30,36,40)(H2,34,35,41). The lowest BCUT2D eigenvalue weighted by Crippen LogP contribution is -2.42. The first-order valence-electron chi connectivity index (χ1n) is 14.0. The molecule has 0 unspecified atom stereocenters. The molecule has 5 N–H and O–H groups in total. The number of amides is 3. The van der Waals surface area contributed by atoms with Crippen molar-refractivity contribution in [2.45, 2.75) is 56.7 Å². The summed E-state index contributed by atoms with van der Waals surface area (Å²) in [5, 5.41) is 30.7. The molecule has 0 aliphatic heterocycles. The van der Waals surface area contributed by atoms with E-state index in [1.165, 1.54) is 41.2 Å². The minimum absolute atomic E-state index is 0.00434. The van der Waals surface area contributed by atoms with Crippen molar-refractivity contribution < 1.29 is 18.9 Å². The number of carbonyl (C=O) groups is 2. The van der Waals surface area contributed by atoms with E-state index in [0.717, 1.165) is 37.6 Å². The minimum atomic E-state index is -0.650. The third kappa shape index (κ3) is 6.60. The first-order chi connectivity index (χ1) is 20.8. The van der Waals surface area contributed by atoms with Gasteiger partial charge >= 0.3 is 6.03 Å². The number of fused-ring (bicyclic) bond motifs is 1. The van der Waals surface area contributed by atoms with Gasteiger partial charge in [-0.25, -0.2) is 18.7 Å². The lowest BCUT2D eigenvalue weighted by molar-refractivity contribution is -0.384. The van der Waals surface area contributed by atoms with Crippen LogP contribution in [0.15, 0.2) is 55.0 Å². The number of nitrogens with one attached hydrogen (secondary N) is 5. The Labute approximate surface area is 244 Å². The van der Waals surface area contributed by atoms with Crippen molar-refractivity contribution in [2.24, 2.45) is 0 Å². The topological polar surface area (TPSA) is 181 Å². The Morgan fingerprint density at radius 3 is 2.42 bits per heavy atom. The SMILES string of the molecule is O=C(Nc1cccc([N+](=O)[O-])c1)NC1CCC(Nc2cc(NC3CC3)c3ncc(C(=O)Nc4ccncc4F)n3n2)CC1. The van der Waals surface area contributed by atoms with Crippen LogP contribution in [0.25, 0.3) is 5.65 Å². The minimum Gasteiger partial charge on any atom is -0.379 e. The van der Waals surface area contributed by atoms with E-state index in [1.807, 2.05) is 6.07 Å². The molecule has 14 nitrogen and oxygen atoms in total. The molecule has 222 valence electrons. The largest absolute Gasteiger partial charge is 0.379 e. The summed E-state index contributed by atoms with van der Waals surface area (Å²) in [5.41, 5.74) is 1.62.